The molecule has 2 aliphatic heterocycles. The van der Waals surface area contributed by atoms with Crippen LogP contribution in [0.5, 0.6) is 17.2 Å². The van der Waals surface area contributed by atoms with Gasteiger partial charge in [0.25, 0.3) is 5.91 Å². The van der Waals surface area contributed by atoms with Crippen molar-refractivity contribution in [1.29, 1.82) is 0 Å². The average molecular weight is 425 g/mol. The number of anilines is 1. The summed E-state index contributed by atoms with van der Waals surface area (Å²) >= 11 is 0. The third-order valence-electron chi connectivity index (χ3n) is 5.06. The molecule has 0 saturated carbocycles. The van der Waals surface area contributed by atoms with Crippen LogP contribution in [0.25, 0.3) is 0 Å². The summed E-state index contributed by atoms with van der Waals surface area (Å²) in [4.78, 5) is 39.0. The number of hydrazine groups is 1. The van der Waals surface area contributed by atoms with E-state index in [1.54, 1.807) is 30.3 Å². The maximum atomic E-state index is 12.6. The molecular weight excluding hydrogens is 402 g/mol. The van der Waals surface area contributed by atoms with Crippen LogP contribution in [0.15, 0.2) is 48.5 Å². The lowest BCUT2D eigenvalue weighted by atomic mass is 10.1. The fraction of sp³-hybridized carbons (Fsp3) is 0.318. The number of carbonyl (C=O) groups is 3. The Balaban J connectivity index is 1.33. The molecule has 162 valence electrons. The molecule has 1 saturated heterocycles. The van der Waals surface area contributed by atoms with E-state index in [1.807, 2.05) is 25.1 Å². The normalized spacial score (nSPS) is 19.6. The first-order chi connectivity index (χ1) is 15.1. The van der Waals surface area contributed by atoms with Gasteiger partial charge in [0.15, 0.2) is 11.5 Å². The highest BCUT2D eigenvalue weighted by Crippen LogP contribution is 2.33. The van der Waals surface area contributed by atoms with E-state index in [2.05, 4.69) is 10.9 Å². The van der Waals surface area contributed by atoms with Gasteiger partial charge in [-0.25, -0.2) is 0 Å². The molecule has 9 heteroatoms. The second-order valence-electron chi connectivity index (χ2n) is 7.15. The Morgan fingerprint density at radius 3 is 2.58 bits per heavy atom. The molecule has 2 N–H and O–H groups in total. The van der Waals surface area contributed by atoms with Crippen molar-refractivity contribution in [2.75, 3.05) is 24.7 Å². The van der Waals surface area contributed by atoms with Crippen molar-refractivity contribution in [2.45, 2.75) is 19.4 Å². The zero-order valence-electron chi connectivity index (χ0n) is 17.0. The molecular formula is C22H23N3O6. The van der Waals surface area contributed by atoms with Crippen LogP contribution in [0.1, 0.15) is 13.3 Å². The highest BCUT2D eigenvalue weighted by molar-refractivity contribution is 6.01. The van der Waals surface area contributed by atoms with Gasteiger partial charge in [-0.15, -0.1) is 0 Å². The van der Waals surface area contributed by atoms with Gasteiger partial charge in [-0.1, -0.05) is 24.3 Å². The third-order valence-corrected chi connectivity index (χ3v) is 5.06. The van der Waals surface area contributed by atoms with Gasteiger partial charge in [0.1, 0.15) is 12.4 Å². The van der Waals surface area contributed by atoms with E-state index in [0.29, 0.717) is 29.5 Å². The molecule has 3 amide bonds. The average Bonchev–Trinajstić information content (AvgIpc) is 3.19. The van der Waals surface area contributed by atoms with Gasteiger partial charge in [-0.05, 0) is 31.2 Å². The quantitative estimate of drug-likeness (QED) is 0.702. The van der Waals surface area contributed by atoms with Crippen molar-refractivity contribution in [1.82, 2.24) is 10.9 Å². The number of hydrogen-bond acceptors (Lipinski definition) is 6. The molecule has 31 heavy (non-hydrogen) atoms. The van der Waals surface area contributed by atoms with Crippen LogP contribution < -0.4 is 30.0 Å². The smallest absolute Gasteiger partial charge is 0.283 e. The number of amides is 3. The molecule has 1 fully saturated rings. The van der Waals surface area contributed by atoms with Crippen molar-refractivity contribution in [2.24, 2.45) is 5.92 Å². The molecule has 4 rings (SSSR count). The van der Waals surface area contributed by atoms with Crippen molar-refractivity contribution in [3.63, 3.8) is 0 Å². The molecule has 2 aromatic rings. The molecule has 2 atom stereocenters. The number of hydrogen-bond donors (Lipinski definition) is 2. The molecule has 2 aliphatic rings. The van der Waals surface area contributed by atoms with Crippen LogP contribution in [-0.4, -0.2) is 43.6 Å². The summed E-state index contributed by atoms with van der Waals surface area (Å²) in [6.45, 7) is 2.55. The number of carbonyl (C=O) groups excluding carboxylic acids is 3. The third kappa shape index (κ3) is 4.40. The molecule has 2 heterocycles. The Hall–Kier alpha value is -3.75. The van der Waals surface area contributed by atoms with E-state index in [0.717, 1.165) is 0 Å². The molecule has 0 radical (unpaired) electrons. The molecule has 0 unspecified atom stereocenters. The Morgan fingerprint density at radius 2 is 1.77 bits per heavy atom. The summed E-state index contributed by atoms with van der Waals surface area (Å²) < 4.78 is 16.7. The fourth-order valence-corrected chi connectivity index (χ4v) is 3.53. The summed E-state index contributed by atoms with van der Waals surface area (Å²) in [5.74, 6) is -0.160. The van der Waals surface area contributed by atoms with Gasteiger partial charge in [-0.2, -0.15) is 0 Å². The van der Waals surface area contributed by atoms with E-state index in [1.165, 1.54) is 4.90 Å². The minimum Gasteiger partial charge on any atom is -0.492 e. The lowest BCUT2D eigenvalue weighted by Gasteiger charge is -2.25. The highest BCUT2D eigenvalue weighted by Gasteiger charge is 2.37. The number of ether oxygens (including phenoxy) is 3. The molecule has 0 spiro atoms. The number of nitrogens with one attached hydrogen (secondary N) is 2. The summed E-state index contributed by atoms with van der Waals surface area (Å²) in [6.07, 6.45) is -0.853. The van der Waals surface area contributed by atoms with Crippen LogP contribution in [-0.2, 0) is 14.4 Å². The number of rotatable bonds is 5. The van der Waals surface area contributed by atoms with E-state index in [-0.39, 0.29) is 25.5 Å². The lowest BCUT2D eigenvalue weighted by molar-refractivity contribution is -0.136. The van der Waals surface area contributed by atoms with E-state index < -0.39 is 23.8 Å². The van der Waals surface area contributed by atoms with Crippen LogP contribution in [0.2, 0.25) is 0 Å². The first kappa shape index (κ1) is 20.5. The van der Waals surface area contributed by atoms with Gasteiger partial charge < -0.3 is 19.1 Å². The highest BCUT2D eigenvalue weighted by atomic mass is 16.6. The van der Waals surface area contributed by atoms with Gasteiger partial charge in [0.2, 0.25) is 17.9 Å². The summed E-state index contributed by atoms with van der Waals surface area (Å²) in [6, 6.07) is 14.2. The predicted molar refractivity (Wildman–Crippen MR) is 111 cm³/mol. The first-order valence-corrected chi connectivity index (χ1v) is 10.1. The molecule has 9 nitrogen and oxygen atoms in total. The van der Waals surface area contributed by atoms with Gasteiger partial charge in [0.05, 0.1) is 18.2 Å². The SMILES string of the molecule is CCOc1ccccc1N1C[C@@H](C(=O)NNC(=O)[C@H]2COc3ccccc3O2)CC1=O. The molecule has 2 aromatic carbocycles. The minimum absolute atomic E-state index is 0.0304. The first-order valence-electron chi connectivity index (χ1n) is 10.1. The zero-order chi connectivity index (χ0) is 21.8. The van der Waals surface area contributed by atoms with Crippen LogP contribution in [0, 0.1) is 5.92 Å². The Labute approximate surface area is 179 Å². The summed E-state index contributed by atoms with van der Waals surface area (Å²) in [7, 11) is 0. The van der Waals surface area contributed by atoms with E-state index in [9.17, 15) is 14.4 Å². The summed E-state index contributed by atoms with van der Waals surface area (Å²) in [5.41, 5.74) is 5.38. The number of fused-ring (bicyclic) bond motifs is 1. The van der Waals surface area contributed by atoms with Gasteiger partial charge >= 0.3 is 0 Å². The van der Waals surface area contributed by atoms with Crippen molar-refractivity contribution in [3.05, 3.63) is 48.5 Å². The fourth-order valence-electron chi connectivity index (χ4n) is 3.53. The predicted octanol–water partition coefficient (Wildman–Crippen LogP) is 1.43. The topological polar surface area (TPSA) is 106 Å². The van der Waals surface area contributed by atoms with Crippen molar-refractivity contribution in [3.8, 4) is 17.2 Å². The maximum absolute atomic E-state index is 12.6. The molecule has 0 aliphatic carbocycles. The van der Waals surface area contributed by atoms with E-state index in [4.69, 9.17) is 14.2 Å². The number of benzene rings is 2. The standard InChI is InChI=1S/C22H23N3O6/c1-2-29-16-8-4-3-7-15(16)25-12-14(11-20(25)26)21(27)23-24-22(28)19-13-30-17-9-5-6-10-18(17)31-19/h3-10,14,19H,2,11-13H2,1H3,(H,23,27)(H,24,28)/t14-,19+/m0/s1. The van der Waals surface area contributed by atoms with Crippen LogP contribution in [0.4, 0.5) is 5.69 Å². The van der Waals surface area contributed by atoms with E-state index >= 15 is 0 Å². The van der Waals surface area contributed by atoms with Crippen LogP contribution in [0.3, 0.4) is 0 Å². The minimum atomic E-state index is -0.894. The molecule has 0 bridgehead atoms. The Morgan fingerprint density at radius 1 is 1.06 bits per heavy atom. The van der Waals surface area contributed by atoms with Gasteiger partial charge in [0, 0.05) is 13.0 Å². The monoisotopic (exact) mass is 425 g/mol. The van der Waals surface area contributed by atoms with Gasteiger partial charge in [-0.3, -0.25) is 25.2 Å². The number of para-hydroxylation sites is 4. The maximum Gasteiger partial charge on any atom is 0.283 e. The molecule has 0 aromatic heterocycles. The Bertz CT molecular complexity index is 995. The van der Waals surface area contributed by atoms with Crippen molar-refractivity contribution >= 4 is 23.4 Å². The van der Waals surface area contributed by atoms with Crippen LogP contribution >= 0.6 is 0 Å². The number of nitrogens with zero attached hydrogens (tertiary/aromatic N) is 1. The second kappa shape index (κ2) is 8.95. The largest absolute Gasteiger partial charge is 0.492 e. The zero-order valence-corrected chi connectivity index (χ0v) is 17.0. The summed E-state index contributed by atoms with van der Waals surface area (Å²) in [5, 5.41) is 0. The Kier molecular flexibility index (Phi) is 5.92. The second-order valence-corrected chi connectivity index (χ2v) is 7.15. The van der Waals surface area contributed by atoms with Crippen molar-refractivity contribution < 1.29 is 28.6 Å². The lowest BCUT2D eigenvalue weighted by Crippen LogP contribution is -2.52.